The van der Waals surface area contributed by atoms with Crippen molar-refractivity contribution >= 4 is 10.0 Å². The van der Waals surface area contributed by atoms with E-state index in [0.29, 0.717) is 18.7 Å². The van der Waals surface area contributed by atoms with E-state index in [4.69, 9.17) is 5.26 Å². The summed E-state index contributed by atoms with van der Waals surface area (Å²) in [6.07, 6.45) is 1.25. The molecule has 0 radical (unpaired) electrons. The van der Waals surface area contributed by atoms with Crippen LogP contribution in [0.15, 0.2) is 24.3 Å². The first kappa shape index (κ1) is 14.0. The van der Waals surface area contributed by atoms with Crippen LogP contribution in [0.1, 0.15) is 11.1 Å². The minimum absolute atomic E-state index is 0.551. The molecule has 6 heteroatoms. The second-order valence-electron chi connectivity index (χ2n) is 4.75. The molecular weight excluding hydrogens is 262 g/mol. The van der Waals surface area contributed by atoms with E-state index in [0.717, 1.165) is 25.2 Å². The highest BCUT2D eigenvalue weighted by Crippen LogP contribution is 2.11. The van der Waals surface area contributed by atoms with Crippen molar-refractivity contribution in [3.63, 3.8) is 0 Å². The number of benzene rings is 1. The first-order valence-electron chi connectivity index (χ1n) is 6.15. The number of hydrogen-bond donors (Lipinski definition) is 0. The van der Waals surface area contributed by atoms with Crippen LogP contribution in [0.25, 0.3) is 0 Å². The topological polar surface area (TPSA) is 64.4 Å². The van der Waals surface area contributed by atoms with Crippen LogP contribution in [0.5, 0.6) is 0 Å². The predicted molar refractivity (Wildman–Crippen MR) is 72.9 cm³/mol. The molecule has 0 aliphatic carbocycles. The summed E-state index contributed by atoms with van der Waals surface area (Å²) in [5, 5.41) is 8.73. The number of piperazine rings is 1. The highest BCUT2D eigenvalue weighted by atomic mass is 32.2. The highest BCUT2D eigenvalue weighted by molar-refractivity contribution is 7.88. The fraction of sp³-hybridized carbons (Fsp3) is 0.462. The third-order valence-electron chi connectivity index (χ3n) is 3.29. The molecule has 102 valence electrons. The quantitative estimate of drug-likeness (QED) is 0.814. The molecule has 2 rings (SSSR count). The molecule has 1 aromatic carbocycles. The van der Waals surface area contributed by atoms with E-state index in [-0.39, 0.29) is 0 Å². The summed E-state index contributed by atoms with van der Waals surface area (Å²) in [6.45, 7) is 3.38. The molecule has 1 aliphatic heterocycles. The normalized spacial score (nSPS) is 18.1. The zero-order valence-electron chi connectivity index (χ0n) is 10.9. The summed E-state index contributed by atoms with van der Waals surface area (Å²) in [5.41, 5.74) is 1.80. The van der Waals surface area contributed by atoms with E-state index in [1.165, 1.54) is 10.6 Å². The molecule has 0 atom stereocenters. The molecule has 0 saturated carbocycles. The molecule has 0 unspecified atom stereocenters. The van der Waals surface area contributed by atoms with Gasteiger partial charge in [0.25, 0.3) is 0 Å². The smallest absolute Gasteiger partial charge is 0.211 e. The zero-order chi connectivity index (χ0) is 13.9. The Bertz CT molecular complexity index is 567. The highest BCUT2D eigenvalue weighted by Gasteiger charge is 2.23. The average Bonchev–Trinajstić information content (AvgIpc) is 2.39. The monoisotopic (exact) mass is 279 g/mol. The van der Waals surface area contributed by atoms with Gasteiger partial charge in [0.1, 0.15) is 0 Å². The fourth-order valence-electron chi connectivity index (χ4n) is 2.16. The van der Waals surface area contributed by atoms with Gasteiger partial charge >= 0.3 is 0 Å². The van der Waals surface area contributed by atoms with Crippen molar-refractivity contribution in [3.05, 3.63) is 35.4 Å². The standard InChI is InChI=1S/C13H17N3O2S/c1-19(17,18)16-8-6-15(7-9-16)11-13-4-2-12(10-14)3-5-13/h2-5H,6-9,11H2,1H3. The van der Waals surface area contributed by atoms with Crippen LogP contribution in [0, 0.1) is 11.3 Å². The SMILES string of the molecule is CS(=O)(=O)N1CCN(Cc2ccc(C#N)cc2)CC1. The van der Waals surface area contributed by atoms with Gasteiger partial charge in [-0.15, -0.1) is 0 Å². The summed E-state index contributed by atoms with van der Waals surface area (Å²) < 4.78 is 24.3. The van der Waals surface area contributed by atoms with Crippen molar-refractivity contribution in [2.24, 2.45) is 0 Å². The molecule has 0 amide bonds. The lowest BCUT2D eigenvalue weighted by atomic mass is 10.1. The van der Waals surface area contributed by atoms with Gasteiger partial charge in [-0.05, 0) is 17.7 Å². The molecule has 0 N–H and O–H groups in total. The number of rotatable bonds is 3. The second kappa shape index (κ2) is 5.70. The predicted octanol–water partition coefficient (Wildman–Crippen LogP) is 0.635. The van der Waals surface area contributed by atoms with E-state index < -0.39 is 10.0 Å². The average molecular weight is 279 g/mol. The van der Waals surface area contributed by atoms with Crippen LogP contribution in [0.3, 0.4) is 0 Å². The molecule has 5 nitrogen and oxygen atoms in total. The summed E-state index contributed by atoms with van der Waals surface area (Å²) in [7, 11) is -3.06. The van der Waals surface area contributed by atoms with E-state index in [9.17, 15) is 8.42 Å². The van der Waals surface area contributed by atoms with Crippen LogP contribution in [0.4, 0.5) is 0 Å². The number of nitrogens with zero attached hydrogens (tertiary/aromatic N) is 3. The van der Waals surface area contributed by atoms with Crippen molar-refractivity contribution in [1.82, 2.24) is 9.21 Å². The second-order valence-corrected chi connectivity index (χ2v) is 6.73. The van der Waals surface area contributed by atoms with Crippen molar-refractivity contribution < 1.29 is 8.42 Å². The lowest BCUT2D eigenvalue weighted by molar-refractivity contribution is 0.182. The summed E-state index contributed by atoms with van der Waals surface area (Å²) in [4.78, 5) is 2.23. The van der Waals surface area contributed by atoms with Crippen molar-refractivity contribution in [3.8, 4) is 6.07 Å². The van der Waals surface area contributed by atoms with Gasteiger partial charge in [0.2, 0.25) is 10.0 Å². The Kier molecular flexibility index (Phi) is 4.20. The van der Waals surface area contributed by atoms with Crippen LogP contribution in [0.2, 0.25) is 0 Å². The van der Waals surface area contributed by atoms with Gasteiger partial charge in [-0.25, -0.2) is 8.42 Å². The zero-order valence-corrected chi connectivity index (χ0v) is 11.7. The first-order valence-corrected chi connectivity index (χ1v) is 8.00. The van der Waals surface area contributed by atoms with Crippen LogP contribution in [-0.2, 0) is 16.6 Å². The van der Waals surface area contributed by atoms with Gasteiger partial charge < -0.3 is 0 Å². The Balaban J connectivity index is 1.90. The molecule has 1 aliphatic rings. The van der Waals surface area contributed by atoms with Gasteiger partial charge in [-0.3, -0.25) is 4.90 Å². The maximum Gasteiger partial charge on any atom is 0.211 e. The third kappa shape index (κ3) is 3.77. The Morgan fingerprint density at radius 3 is 2.21 bits per heavy atom. The summed E-state index contributed by atoms with van der Waals surface area (Å²) in [5.74, 6) is 0. The Labute approximate surface area is 114 Å². The maximum absolute atomic E-state index is 11.4. The Hall–Kier alpha value is -1.42. The fourth-order valence-corrected chi connectivity index (χ4v) is 2.99. The van der Waals surface area contributed by atoms with Crippen LogP contribution < -0.4 is 0 Å². The van der Waals surface area contributed by atoms with Gasteiger partial charge in [-0.2, -0.15) is 9.57 Å². The number of nitriles is 1. The maximum atomic E-state index is 11.4. The summed E-state index contributed by atoms with van der Waals surface area (Å²) in [6, 6.07) is 9.60. The lowest BCUT2D eigenvalue weighted by Crippen LogP contribution is -2.47. The number of hydrogen-bond acceptors (Lipinski definition) is 4. The van der Waals surface area contributed by atoms with Gasteiger partial charge in [-0.1, -0.05) is 12.1 Å². The van der Waals surface area contributed by atoms with E-state index in [1.54, 1.807) is 0 Å². The van der Waals surface area contributed by atoms with Crippen LogP contribution >= 0.6 is 0 Å². The van der Waals surface area contributed by atoms with Crippen molar-refractivity contribution in [1.29, 1.82) is 5.26 Å². The molecule has 0 spiro atoms. The van der Waals surface area contributed by atoms with Crippen molar-refractivity contribution in [2.45, 2.75) is 6.54 Å². The summed E-state index contributed by atoms with van der Waals surface area (Å²) >= 11 is 0. The largest absolute Gasteiger partial charge is 0.296 e. The third-order valence-corrected chi connectivity index (χ3v) is 4.59. The molecule has 0 bridgehead atoms. The minimum Gasteiger partial charge on any atom is -0.296 e. The molecule has 1 saturated heterocycles. The van der Waals surface area contributed by atoms with Gasteiger partial charge in [0.15, 0.2) is 0 Å². The van der Waals surface area contributed by atoms with Crippen molar-refractivity contribution in [2.75, 3.05) is 32.4 Å². The molecular formula is C13H17N3O2S. The Morgan fingerprint density at radius 1 is 1.16 bits per heavy atom. The Morgan fingerprint density at radius 2 is 1.74 bits per heavy atom. The van der Waals surface area contributed by atoms with Crippen LogP contribution in [-0.4, -0.2) is 50.1 Å². The molecule has 1 heterocycles. The van der Waals surface area contributed by atoms with Gasteiger partial charge in [0, 0.05) is 32.7 Å². The van der Waals surface area contributed by atoms with Gasteiger partial charge in [0.05, 0.1) is 17.9 Å². The van der Waals surface area contributed by atoms with E-state index >= 15 is 0 Å². The molecule has 1 aromatic rings. The molecule has 19 heavy (non-hydrogen) atoms. The molecule has 0 aromatic heterocycles. The first-order chi connectivity index (χ1) is 8.99. The molecule has 1 fully saturated rings. The van der Waals surface area contributed by atoms with E-state index in [1.807, 2.05) is 24.3 Å². The number of sulfonamides is 1. The van der Waals surface area contributed by atoms with E-state index in [2.05, 4.69) is 11.0 Å². The lowest BCUT2D eigenvalue weighted by Gasteiger charge is -2.33. The minimum atomic E-state index is -3.06.